The zero-order valence-electron chi connectivity index (χ0n) is 23.5. The Hall–Kier alpha value is -1.08. The lowest BCUT2D eigenvalue weighted by Gasteiger charge is -2.68. The first-order valence-corrected chi connectivity index (χ1v) is 13.9. The molecule has 0 aliphatic heterocycles. The van der Waals surface area contributed by atoms with Crippen LogP contribution >= 0.6 is 0 Å². The van der Waals surface area contributed by atoms with E-state index in [-0.39, 0.29) is 40.8 Å². The zero-order valence-corrected chi connectivity index (χ0v) is 23.5. The summed E-state index contributed by atoms with van der Waals surface area (Å²) < 4.78 is 0. The average molecular weight is 505 g/mol. The molecule has 0 bridgehead atoms. The van der Waals surface area contributed by atoms with Gasteiger partial charge in [0.15, 0.2) is 5.78 Å². The van der Waals surface area contributed by atoms with E-state index in [1.165, 1.54) is 13.8 Å². The predicted molar refractivity (Wildman–Crippen MR) is 138 cm³/mol. The second-order valence-corrected chi connectivity index (χ2v) is 14.5. The third kappa shape index (κ3) is 3.72. The van der Waals surface area contributed by atoms with Crippen LogP contribution in [0.15, 0.2) is 11.1 Å². The van der Waals surface area contributed by atoms with Crippen LogP contribution in [0.25, 0.3) is 0 Å². The molecule has 0 spiro atoms. The van der Waals surface area contributed by atoms with Crippen LogP contribution in [0.5, 0.6) is 0 Å². The summed E-state index contributed by atoms with van der Waals surface area (Å²) in [5.41, 5.74) is -0.998. The Kier molecular flexibility index (Phi) is 6.57. The molecule has 0 radical (unpaired) electrons. The Morgan fingerprint density at radius 2 is 1.67 bits per heavy atom. The first-order chi connectivity index (χ1) is 16.3. The van der Waals surface area contributed by atoms with Crippen molar-refractivity contribution in [3.05, 3.63) is 11.1 Å². The van der Waals surface area contributed by atoms with E-state index < -0.39 is 34.7 Å². The van der Waals surface area contributed by atoms with Crippen LogP contribution < -0.4 is 0 Å². The number of carbonyl (C=O) groups excluding carboxylic acids is 2. The summed E-state index contributed by atoms with van der Waals surface area (Å²) in [6, 6.07) is 0. The maximum absolute atomic E-state index is 13.6. The largest absolute Gasteiger partial charge is 0.392 e. The number of aliphatic hydroxyl groups is 4. The molecule has 0 heterocycles. The molecule has 204 valence electrons. The van der Waals surface area contributed by atoms with Crippen molar-refractivity contribution in [3.8, 4) is 0 Å². The first-order valence-electron chi connectivity index (χ1n) is 13.9. The molecule has 0 saturated heterocycles. The molecular weight excluding hydrogens is 456 g/mol. The van der Waals surface area contributed by atoms with Gasteiger partial charge in [0.2, 0.25) is 0 Å². The number of hydrogen-bond donors (Lipinski definition) is 4. The molecule has 0 unspecified atom stereocenters. The fourth-order valence-corrected chi connectivity index (χ4v) is 9.62. The van der Waals surface area contributed by atoms with E-state index in [1.807, 2.05) is 6.92 Å². The smallest absolute Gasteiger partial charge is 0.160 e. The van der Waals surface area contributed by atoms with Gasteiger partial charge in [0, 0.05) is 23.7 Å². The molecule has 0 aromatic carbocycles. The number of aliphatic hydroxyl groups excluding tert-OH is 3. The molecule has 3 saturated carbocycles. The summed E-state index contributed by atoms with van der Waals surface area (Å²) in [5, 5.41) is 42.9. The maximum atomic E-state index is 13.6. The molecule has 3 fully saturated rings. The quantitative estimate of drug-likeness (QED) is 0.450. The second kappa shape index (κ2) is 8.46. The number of ketones is 2. The second-order valence-electron chi connectivity index (χ2n) is 14.5. The van der Waals surface area contributed by atoms with Crippen LogP contribution in [0, 0.1) is 39.4 Å². The van der Waals surface area contributed by atoms with Gasteiger partial charge in [-0.25, -0.2) is 0 Å². The Morgan fingerprint density at radius 1 is 1.06 bits per heavy atom. The number of hydrogen-bond acceptors (Lipinski definition) is 6. The topological polar surface area (TPSA) is 115 Å². The Morgan fingerprint density at radius 3 is 2.25 bits per heavy atom. The van der Waals surface area contributed by atoms with E-state index in [0.29, 0.717) is 30.6 Å². The van der Waals surface area contributed by atoms with Gasteiger partial charge < -0.3 is 20.4 Å². The van der Waals surface area contributed by atoms with Crippen LogP contribution in [0.4, 0.5) is 0 Å². The monoisotopic (exact) mass is 504 g/mol. The fraction of sp³-hybridized carbons (Fsp3) is 0.867. The summed E-state index contributed by atoms with van der Waals surface area (Å²) in [7, 11) is 0. The van der Waals surface area contributed by atoms with Gasteiger partial charge in [-0.1, -0.05) is 47.1 Å². The lowest BCUT2D eigenvalue weighted by Crippen LogP contribution is -2.65. The molecule has 4 N–H and O–H groups in total. The van der Waals surface area contributed by atoms with Gasteiger partial charge in [-0.2, -0.15) is 0 Å². The molecule has 4 aliphatic carbocycles. The predicted octanol–water partition coefficient (Wildman–Crippen LogP) is 3.97. The Bertz CT molecular complexity index is 974. The number of carbonyl (C=O) groups is 2. The highest BCUT2D eigenvalue weighted by Gasteiger charge is 2.70. The van der Waals surface area contributed by atoms with Gasteiger partial charge in [0.05, 0.1) is 17.8 Å². The SMILES string of the molecule is C[C@H](C[C@@H](O)[C@H](O)C(C)(C)O)C1=C2C[C@@H](O)[C@@H]3[C@]4(C)CCC(=O)C(C)(C)[C@@H]4CC[C@]3(C)[C@@]2(C)CC1=O. The van der Waals surface area contributed by atoms with E-state index in [4.69, 9.17) is 0 Å². The molecule has 6 nitrogen and oxygen atoms in total. The van der Waals surface area contributed by atoms with Gasteiger partial charge in [0.25, 0.3) is 0 Å². The van der Waals surface area contributed by atoms with E-state index in [2.05, 4.69) is 34.6 Å². The minimum atomic E-state index is -1.45. The molecule has 4 rings (SSSR count). The van der Waals surface area contributed by atoms with Crippen LogP contribution in [-0.4, -0.2) is 55.9 Å². The lowest BCUT2D eigenvalue weighted by atomic mass is 9.36. The van der Waals surface area contributed by atoms with Gasteiger partial charge in [-0.3, -0.25) is 9.59 Å². The minimum Gasteiger partial charge on any atom is -0.392 e. The van der Waals surface area contributed by atoms with Crippen molar-refractivity contribution < 1.29 is 30.0 Å². The van der Waals surface area contributed by atoms with Crippen LogP contribution in [0.1, 0.15) is 100 Å². The average Bonchev–Trinajstić information content (AvgIpc) is 3.00. The first kappa shape index (κ1) is 27.9. The summed E-state index contributed by atoms with van der Waals surface area (Å²) in [5.74, 6) is 0.305. The third-order valence-corrected chi connectivity index (χ3v) is 11.7. The van der Waals surface area contributed by atoms with Crippen molar-refractivity contribution in [1.82, 2.24) is 0 Å². The summed E-state index contributed by atoms with van der Waals surface area (Å²) >= 11 is 0. The molecular formula is C30H48O6. The summed E-state index contributed by atoms with van der Waals surface area (Å²) in [4.78, 5) is 26.5. The van der Waals surface area contributed by atoms with Crippen LogP contribution in [0.3, 0.4) is 0 Å². The summed E-state index contributed by atoms with van der Waals surface area (Å²) in [6.07, 6.45) is 1.01. The highest BCUT2D eigenvalue weighted by atomic mass is 16.4. The molecule has 9 atom stereocenters. The minimum absolute atomic E-state index is 0.00469. The van der Waals surface area contributed by atoms with E-state index in [0.717, 1.165) is 24.8 Å². The molecule has 4 aliphatic rings. The molecule has 0 amide bonds. The fourth-order valence-electron chi connectivity index (χ4n) is 9.62. The number of fused-ring (bicyclic) bond motifs is 5. The normalized spacial score (nSPS) is 42.9. The molecule has 0 aromatic rings. The van der Waals surface area contributed by atoms with E-state index in [1.54, 1.807) is 0 Å². The van der Waals surface area contributed by atoms with Crippen LogP contribution in [0.2, 0.25) is 0 Å². The van der Waals surface area contributed by atoms with E-state index >= 15 is 0 Å². The third-order valence-electron chi connectivity index (χ3n) is 11.7. The zero-order chi connectivity index (χ0) is 27.2. The molecule has 36 heavy (non-hydrogen) atoms. The van der Waals surface area contributed by atoms with Crippen molar-refractivity contribution in [3.63, 3.8) is 0 Å². The Labute approximate surface area is 216 Å². The van der Waals surface area contributed by atoms with Gasteiger partial charge in [0.1, 0.15) is 11.9 Å². The summed E-state index contributed by atoms with van der Waals surface area (Å²) in [6.45, 7) is 15.7. The van der Waals surface area contributed by atoms with Crippen molar-refractivity contribution >= 4 is 11.6 Å². The van der Waals surface area contributed by atoms with Crippen LogP contribution in [-0.2, 0) is 9.59 Å². The number of Topliss-reactive ketones (excluding diaryl/α,β-unsaturated/α-hetero) is 2. The van der Waals surface area contributed by atoms with Gasteiger partial charge in [-0.15, -0.1) is 0 Å². The van der Waals surface area contributed by atoms with Crippen molar-refractivity contribution in [2.24, 2.45) is 39.4 Å². The molecule has 6 heteroatoms. The Balaban J connectivity index is 1.72. The highest BCUT2D eigenvalue weighted by Crippen LogP contribution is 2.73. The van der Waals surface area contributed by atoms with Crippen molar-refractivity contribution in [2.75, 3.05) is 0 Å². The molecule has 0 aromatic heterocycles. The highest BCUT2D eigenvalue weighted by molar-refractivity contribution is 6.00. The lowest BCUT2D eigenvalue weighted by molar-refractivity contribution is -0.208. The van der Waals surface area contributed by atoms with E-state index in [9.17, 15) is 30.0 Å². The number of rotatable bonds is 5. The van der Waals surface area contributed by atoms with Gasteiger partial charge in [-0.05, 0) is 80.1 Å². The van der Waals surface area contributed by atoms with Crippen molar-refractivity contribution in [2.45, 2.75) is 124 Å². The van der Waals surface area contributed by atoms with Crippen molar-refractivity contribution in [1.29, 1.82) is 0 Å². The number of allylic oxidation sites excluding steroid dienone is 1. The maximum Gasteiger partial charge on any atom is 0.160 e. The standard InChI is InChI=1S/C30H48O6/c1-16(13-19(32)25(35)27(4,5)36)23-17-14-18(31)24-28(6)11-10-22(34)26(2,3)21(28)9-12-29(24,7)30(17,8)15-20(23)33/h16,18-19,21,24-25,31-32,35-36H,9-15H2,1-8H3/t16-,18-,19-,21+,24-,25+,28-,29+,30+/m1/s1. The van der Waals surface area contributed by atoms with Gasteiger partial charge >= 0.3 is 0 Å².